The van der Waals surface area contributed by atoms with Crippen LogP contribution in [0.5, 0.6) is 23.0 Å². The van der Waals surface area contributed by atoms with Crippen molar-refractivity contribution in [3.63, 3.8) is 0 Å². The lowest BCUT2D eigenvalue weighted by molar-refractivity contribution is 0.235. The highest BCUT2D eigenvalue weighted by atomic mass is 16.5. The van der Waals surface area contributed by atoms with Gasteiger partial charge in [-0.3, -0.25) is 4.98 Å². The summed E-state index contributed by atoms with van der Waals surface area (Å²) in [6.07, 6.45) is 4.95. The van der Waals surface area contributed by atoms with Gasteiger partial charge >= 0.3 is 0 Å². The Labute approximate surface area is 154 Å². The summed E-state index contributed by atoms with van der Waals surface area (Å²) < 4.78 is 16.6. The van der Waals surface area contributed by atoms with Gasteiger partial charge in [0.15, 0.2) is 11.5 Å². The van der Waals surface area contributed by atoms with Crippen LogP contribution in [0, 0.1) is 5.92 Å². The van der Waals surface area contributed by atoms with Crippen LogP contribution < -0.4 is 19.1 Å². The molecular formula is C20H25N3O3. The second-order valence-electron chi connectivity index (χ2n) is 7.13. The van der Waals surface area contributed by atoms with Crippen LogP contribution in [-0.2, 0) is 0 Å². The number of likely N-dealkylation sites (N-methyl/N-ethyl adjacent to an activating group) is 1. The number of benzene rings is 1. The quantitative estimate of drug-likeness (QED) is 0.822. The Kier molecular flexibility index (Phi) is 4.59. The molecule has 0 spiro atoms. The average Bonchev–Trinajstić information content (AvgIpc) is 2.96. The maximum Gasteiger partial charge on any atom is 0.164 e. The number of ether oxygens (including phenoxy) is 3. The van der Waals surface area contributed by atoms with E-state index in [9.17, 15) is 0 Å². The van der Waals surface area contributed by atoms with E-state index >= 15 is 0 Å². The van der Waals surface area contributed by atoms with Crippen molar-refractivity contribution < 1.29 is 14.2 Å². The molecule has 0 amide bonds. The molecule has 2 aromatic rings. The molecule has 0 aliphatic carbocycles. The van der Waals surface area contributed by atoms with Crippen LogP contribution in [0.15, 0.2) is 36.7 Å². The van der Waals surface area contributed by atoms with Gasteiger partial charge in [-0.05, 0) is 31.5 Å². The monoisotopic (exact) mass is 355 g/mol. The molecule has 0 saturated carbocycles. The van der Waals surface area contributed by atoms with Crippen molar-refractivity contribution in [1.82, 2.24) is 9.88 Å². The molecule has 26 heavy (non-hydrogen) atoms. The minimum atomic E-state index is 0.567. The topological polar surface area (TPSA) is 47.1 Å². The van der Waals surface area contributed by atoms with E-state index in [1.807, 2.05) is 24.4 Å². The van der Waals surface area contributed by atoms with Crippen LogP contribution in [0.3, 0.4) is 0 Å². The summed E-state index contributed by atoms with van der Waals surface area (Å²) in [6, 6.07) is 8.17. The summed E-state index contributed by atoms with van der Waals surface area (Å²) in [7, 11) is 5.44. The molecule has 138 valence electrons. The molecule has 2 saturated heterocycles. The zero-order valence-corrected chi connectivity index (χ0v) is 15.5. The molecule has 2 fully saturated rings. The lowest BCUT2D eigenvalue weighted by atomic mass is 10.0. The van der Waals surface area contributed by atoms with E-state index in [1.54, 1.807) is 20.4 Å². The van der Waals surface area contributed by atoms with Crippen LogP contribution in [0.1, 0.15) is 6.42 Å². The molecule has 4 rings (SSSR count). The van der Waals surface area contributed by atoms with Gasteiger partial charge in [-0.2, -0.15) is 0 Å². The van der Waals surface area contributed by atoms with E-state index in [0.717, 1.165) is 30.4 Å². The fourth-order valence-electron chi connectivity index (χ4n) is 4.15. The highest BCUT2D eigenvalue weighted by Crippen LogP contribution is 2.36. The van der Waals surface area contributed by atoms with E-state index in [1.165, 1.54) is 13.0 Å². The standard InChI is InChI=1S/C20H25N3O3/c1-22-11-14-6-16(13-22)23(12-14)15-7-18(10-21-9-15)26-17-4-5-19(24-2)20(8-17)25-3/h4-5,7-10,14,16H,6,11-13H2,1-3H3. The minimum absolute atomic E-state index is 0.567. The third kappa shape index (κ3) is 3.29. The molecule has 6 heteroatoms. The molecule has 0 N–H and O–H groups in total. The maximum atomic E-state index is 6.02. The van der Waals surface area contributed by atoms with Crippen LogP contribution in [0.2, 0.25) is 0 Å². The molecule has 2 aliphatic rings. The SMILES string of the molecule is COc1ccc(Oc2cncc(N3CC4CC3CN(C)C4)c2)cc1OC. The number of hydrogen-bond donors (Lipinski definition) is 0. The number of nitrogens with zero attached hydrogens (tertiary/aromatic N) is 3. The first-order chi connectivity index (χ1) is 12.7. The number of pyridine rings is 1. The predicted molar refractivity (Wildman–Crippen MR) is 101 cm³/mol. The Bertz CT molecular complexity index is 783. The number of methoxy groups -OCH3 is 2. The van der Waals surface area contributed by atoms with Gasteiger partial charge in [0.2, 0.25) is 0 Å². The largest absolute Gasteiger partial charge is 0.493 e. The van der Waals surface area contributed by atoms with Gasteiger partial charge in [0.05, 0.1) is 32.3 Å². The van der Waals surface area contributed by atoms with E-state index in [4.69, 9.17) is 14.2 Å². The lowest BCUT2D eigenvalue weighted by Gasteiger charge is -2.30. The van der Waals surface area contributed by atoms with Gasteiger partial charge in [-0.15, -0.1) is 0 Å². The molecule has 1 aromatic heterocycles. The third-order valence-corrected chi connectivity index (χ3v) is 5.21. The van der Waals surface area contributed by atoms with Crippen molar-refractivity contribution in [2.45, 2.75) is 12.5 Å². The van der Waals surface area contributed by atoms with Crippen molar-refractivity contribution in [3.8, 4) is 23.0 Å². The Morgan fingerprint density at radius 1 is 0.962 bits per heavy atom. The molecule has 2 bridgehead atoms. The van der Waals surface area contributed by atoms with E-state index < -0.39 is 0 Å². The maximum absolute atomic E-state index is 6.02. The van der Waals surface area contributed by atoms with Gasteiger partial charge in [0, 0.05) is 37.8 Å². The first-order valence-corrected chi connectivity index (χ1v) is 8.96. The molecule has 2 unspecified atom stereocenters. The summed E-state index contributed by atoms with van der Waals surface area (Å²) in [5.41, 5.74) is 1.13. The number of rotatable bonds is 5. The van der Waals surface area contributed by atoms with E-state index in [-0.39, 0.29) is 0 Å². The molecule has 1 aromatic carbocycles. The number of aromatic nitrogens is 1. The van der Waals surface area contributed by atoms with Gasteiger partial charge in [-0.25, -0.2) is 0 Å². The van der Waals surface area contributed by atoms with Crippen molar-refractivity contribution in [2.24, 2.45) is 5.92 Å². The second kappa shape index (κ2) is 7.03. The third-order valence-electron chi connectivity index (χ3n) is 5.21. The number of likely N-dealkylation sites (tertiary alicyclic amines) is 1. The Morgan fingerprint density at radius 2 is 1.81 bits per heavy atom. The Hall–Kier alpha value is -2.47. The fraction of sp³-hybridized carbons (Fsp3) is 0.450. The smallest absolute Gasteiger partial charge is 0.164 e. The summed E-state index contributed by atoms with van der Waals surface area (Å²) in [4.78, 5) is 9.30. The number of anilines is 1. The molecule has 6 nitrogen and oxygen atoms in total. The van der Waals surface area contributed by atoms with Crippen LogP contribution in [0.4, 0.5) is 5.69 Å². The van der Waals surface area contributed by atoms with E-state index in [0.29, 0.717) is 23.3 Å². The van der Waals surface area contributed by atoms with Crippen LogP contribution >= 0.6 is 0 Å². The van der Waals surface area contributed by atoms with Crippen LogP contribution in [-0.4, -0.2) is 56.8 Å². The van der Waals surface area contributed by atoms with Crippen molar-refractivity contribution >= 4 is 5.69 Å². The van der Waals surface area contributed by atoms with Crippen molar-refractivity contribution in [1.29, 1.82) is 0 Å². The molecule has 2 atom stereocenters. The highest BCUT2D eigenvalue weighted by molar-refractivity contribution is 5.52. The molecule has 3 heterocycles. The number of hydrogen-bond acceptors (Lipinski definition) is 6. The minimum Gasteiger partial charge on any atom is -0.493 e. The zero-order chi connectivity index (χ0) is 18.1. The zero-order valence-electron chi connectivity index (χ0n) is 15.5. The average molecular weight is 355 g/mol. The summed E-state index contributed by atoms with van der Waals surface area (Å²) in [5.74, 6) is 3.49. The summed E-state index contributed by atoms with van der Waals surface area (Å²) in [6.45, 7) is 3.38. The predicted octanol–water partition coefficient (Wildman–Crippen LogP) is 3.03. The van der Waals surface area contributed by atoms with Crippen molar-refractivity contribution in [2.75, 3.05) is 45.8 Å². The van der Waals surface area contributed by atoms with Gasteiger partial charge in [0.25, 0.3) is 0 Å². The summed E-state index contributed by atoms with van der Waals surface area (Å²) in [5, 5.41) is 0. The number of piperidine rings is 1. The summed E-state index contributed by atoms with van der Waals surface area (Å²) >= 11 is 0. The van der Waals surface area contributed by atoms with Gasteiger partial charge in [-0.1, -0.05) is 0 Å². The number of fused-ring (bicyclic) bond motifs is 2. The Morgan fingerprint density at radius 3 is 2.62 bits per heavy atom. The normalized spacial score (nSPS) is 22.3. The fourth-order valence-corrected chi connectivity index (χ4v) is 4.15. The first-order valence-electron chi connectivity index (χ1n) is 8.96. The van der Waals surface area contributed by atoms with Gasteiger partial charge in [0.1, 0.15) is 11.5 Å². The van der Waals surface area contributed by atoms with E-state index in [2.05, 4.69) is 27.9 Å². The van der Waals surface area contributed by atoms with Gasteiger partial charge < -0.3 is 24.0 Å². The van der Waals surface area contributed by atoms with Crippen LogP contribution in [0.25, 0.3) is 0 Å². The highest BCUT2D eigenvalue weighted by Gasteiger charge is 2.37. The second-order valence-corrected chi connectivity index (χ2v) is 7.13. The molecule has 2 aliphatic heterocycles. The molecule has 0 radical (unpaired) electrons. The lowest BCUT2D eigenvalue weighted by Crippen LogP contribution is -2.40. The molecular weight excluding hydrogens is 330 g/mol. The Balaban J connectivity index is 1.53. The van der Waals surface area contributed by atoms with Crippen molar-refractivity contribution in [3.05, 3.63) is 36.7 Å². The first kappa shape index (κ1) is 17.0.